The van der Waals surface area contributed by atoms with Crippen molar-refractivity contribution in [2.24, 2.45) is 0 Å². The molecule has 0 aliphatic carbocycles. The predicted molar refractivity (Wildman–Crippen MR) is 167 cm³/mol. The number of hydrogen-bond acceptors (Lipinski definition) is 12. The Morgan fingerprint density at radius 3 is 0.935 bits per heavy atom. The van der Waals surface area contributed by atoms with Gasteiger partial charge in [0, 0.05) is 23.3 Å². The monoisotopic (exact) mass is 634 g/mol. The van der Waals surface area contributed by atoms with Gasteiger partial charge in [-0.15, -0.1) is 0 Å². The second-order valence-electron chi connectivity index (χ2n) is 9.33. The lowest BCUT2D eigenvalue weighted by atomic mass is 10.0. The Balaban J connectivity index is 1.87. The first-order valence-corrected chi connectivity index (χ1v) is 13.7. The van der Waals surface area contributed by atoms with Crippen molar-refractivity contribution in [3.05, 3.63) is 71.8 Å². The Labute approximate surface area is 266 Å². The van der Waals surface area contributed by atoms with E-state index in [1.54, 1.807) is 24.3 Å². The van der Waals surface area contributed by atoms with E-state index in [1.807, 2.05) is 0 Å². The maximum absolute atomic E-state index is 13.5. The number of benzene rings is 4. The molecule has 12 nitrogen and oxygen atoms in total. The molecule has 0 unspecified atom stereocenters. The van der Waals surface area contributed by atoms with Crippen LogP contribution >= 0.6 is 0 Å². The second-order valence-corrected chi connectivity index (χ2v) is 9.33. The molecule has 0 saturated heterocycles. The molecule has 0 atom stereocenters. The highest BCUT2D eigenvalue weighted by molar-refractivity contribution is 5.95. The van der Waals surface area contributed by atoms with Crippen molar-refractivity contribution in [3.63, 3.8) is 0 Å². The number of rotatable bonds is 13. The molecular formula is C34H34O12. The summed E-state index contributed by atoms with van der Waals surface area (Å²) < 4.78 is 55.2. The molecule has 242 valence electrons. The molecule has 4 aromatic carbocycles. The second kappa shape index (κ2) is 14.8. The summed E-state index contributed by atoms with van der Waals surface area (Å²) in [6, 6.07) is 15.4. The molecule has 0 aromatic heterocycles. The molecule has 0 aliphatic rings. The highest BCUT2D eigenvalue weighted by Crippen LogP contribution is 2.47. The average Bonchev–Trinajstić information content (AvgIpc) is 3.10. The number of ether oxygens (including phenoxy) is 10. The lowest BCUT2D eigenvalue weighted by molar-refractivity contribution is 0.0722. The fourth-order valence-electron chi connectivity index (χ4n) is 4.55. The summed E-state index contributed by atoms with van der Waals surface area (Å²) in [5.74, 6) is 1.47. The van der Waals surface area contributed by atoms with Crippen LogP contribution in [0.3, 0.4) is 0 Å². The molecule has 0 fully saturated rings. The van der Waals surface area contributed by atoms with Gasteiger partial charge in [-0.25, -0.2) is 9.59 Å². The van der Waals surface area contributed by atoms with E-state index in [1.165, 1.54) is 93.3 Å². The van der Waals surface area contributed by atoms with Crippen LogP contribution in [0.15, 0.2) is 60.7 Å². The molecule has 0 heterocycles. The maximum atomic E-state index is 13.5. The first-order chi connectivity index (χ1) is 22.2. The number of carbonyl (C=O) groups is 2. The fraction of sp³-hybridized carbons (Fsp3) is 0.235. The van der Waals surface area contributed by atoms with Gasteiger partial charge in [-0.2, -0.15) is 0 Å². The number of methoxy groups -OCH3 is 8. The minimum Gasteiger partial charge on any atom is -0.493 e. The molecule has 4 rings (SSSR count). The number of hydrogen-bond donors (Lipinski definition) is 0. The fourth-order valence-corrected chi connectivity index (χ4v) is 4.55. The molecule has 0 N–H and O–H groups in total. The summed E-state index contributed by atoms with van der Waals surface area (Å²) in [6.07, 6.45) is 0. The van der Waals surface area contributed by atoms with E-state index in [-0.39, 0.29) is 34.1 Å². The maximum Gasteiger partial charge on any atom is 0.343 e. The minimum atomic E-state index is -0.709. The zero-order valence-corrected chi connectivity index (χ0v) is 26.7. The Morgan fingerprint density at radius 2 is 0.630 bits per heavy atom. The molecule has 0 amide bonds. The van der Waals surface area contributed by atoms with Crippen LogP contribution < -0.4 is 47.4 Å². The Bertz CT molecular complexity index is 1600. The largest absolute Gasteiger partial charge is 0.493 e. The van der Waals surface area contributed by atoms with Crippen LogP contribution in [0.5, 0.6) is 57.5 Å². The SMILES string of the molecule is COc1ccc(C(=O)Oc2cc(OC)c(OC)cc2-c2cc(OC)c(OC)cc2OC(=O)c2ccc(OC)c(OC)c2)cc1OC. The van der Waals surface area contributed by atoms with Gasteiger partial charge in [0.2, 0.25) is 0 Å². The van der Waals surface area contributed by atoms with E-state index in [9.17, 15) is 9.59 Å². The van der Waals surface area contributed by atoms with Crippen LogP contribution in [0.1, 0.15) is 20.7 Å². The van der Waals surface area contributed by atoms with Crippen LogP contribution in [-0.2, 0) is 0 Å². The van der Waals surface area contributed by atoms with Crippen LogP contribution in [0, 0.1) is 0 Å². The predicted octanol–water partition coefficient (Wildman–Crippen LogP) is 5.86. The third-order valence-electron chi connectivity index (χ3n) is 6.91. The Hall–Kier alpha value is -5.78. The van der Waals surface area contributed by atoms with E-state index in [0.29, 0.717) is 45.6 Å². The van der Waals surface area contributed by atoms with Gasteiger partial charge >= 0.3 is 11.9 Å². The van der Waals surface area contributed by atoms with Gasteiger partial charge in [0.1, 0.15) is 11.5 Å². The zero-order valence-electron chi connectivity index (χ0n) is 26.7. The first kappa shape index (κ1) is 33.1. The molecule has 0 spiro atoms. The van der Waals surface area contributed by atoms with Gasteiger partial charge in [0.05, 0.1) is 68.0 Å². The Morgan fingerprint density at radius 1 is 0.348 bits per heavy atom. The van der Waals surface area contributed by atoms with Crippen molar-refractivity contribution in [1.82, 2.24) is 0 Å². The smallest absolute Gasteiger partial charge is 0.343 e. The summed E-state index contributed by atoms with van der Waals surface area (Å²) in [5, 5.41) is 0. The van der Waals surface area contributed by atoms with Gasteiger partial charge in [-0.05, 0) is 48.5 Å². The minimum absolute atomic E-state index is 0.0630. The van der Waals surface area contributed by atoms with Gasteiger partial charge in [-0.1, -0.05) is 0 Å². The van der Waals surface area contributed by atoms with Crippen molar-refractivity contribution in [2.45, 2.75) is 0 Å². The summed E-state index contributed by atoms with van der Waals surface area (Å²) in [6.45, 7) is 0. The first-order valence-electron chi connectivity index (χ1n) is 13.7. The lowest BCUT2D eigenvalue weighted by Crippen LogP contribution is -2.12. The van der Waals surface area contributed by atoms with Gasteiger partial charge in [-0.3, -0.25) is 0 Å². The summed E-state index contributed by atoms with van der Waals surface area (Å²) >= 11 is 0. The van der Waals surface area contributed by atoms with Crippen molar-refractivity contribution < 1.29 is 57.0 Å². The topological polar surface area (TPSA) is 126 Å². The van der Waals surface area contributed by atoms with E-state index in [2.05, 4.69) is 0 Å². The molecule has 0 radical (unpaired) electrons. The number of carbonyl (C=O) groups excluding carboxylic acids is 2. The zero-order chi connectivity index (χ0) is 33.4. The molecule has 0 aliphatic heterocycles. The summed E-state index contributed by atoms with van der Waals surface area (Å²) in [4.78, 5) is 26.9. The van der Waals surface area contributed by atoms with Crippen LogP contribution in [0.4, 0.5) is 0 Å². The van der Waals surface area contributed by atoms with Crippen LogP contribution in [-0.4, -0.2) is 68.8 Å². The van der Waals surface area contributed by atoms with E-state index in [0.717, 1.165) is 0 Å². The molecule has 46 heavy (non-hydrogen) atoms. The van der Waals surface area contributed by atoms with Crippen molar-refractivity contribution in [1.29, 1.82) is 0 Å². The van der Waals surface area contributed by atoms with E-state index in [4.69, 9.17) is 47.4 Å². The standard InChI is InChI=1S/C34H34O12/c1-37-23-11-9-19(13-27(23)39-3)33(35)45-25-17-31(43-7)29(41-5)15-21(25)22-16-30(42-6)32(44-8)18-26(22)46-34(36)20-10-12-24(38-2)28(14-20)40-4/h9-18H,1-8H3. The molecule has 0 bridgehead atoms. The van der Waals surface area contributed by atoms with Gasteiger partial charge in [0.15, 0.2) is 46.0 Å². The van der Waals surface area contributed by atoms with Crippen LogP contribution in [0.25, 0.3) is 11.1 Å². The summed E-state index contributed by atoms with van der Waals surface area (Å²) in [5.41, 5.74) is 0.988. The van der Waals surface area contributed by atoms with E-state index < -0.39 is 11.9 Å². The normalized spacial score (nSPS) is 10.3. The molecule has 12 heteroatoms. The van der Waals surface area contributed by atoms with Gasteiger partial charge < -0.3 is 47.4 Å². The average molecular weight is 635 g/mol. The van der Waals surface area contributed by atoms with Gasteiger partial charge in [0.25, 0.3) is 0 Å². The van der Waals surface area contributed by atoms with Crippen molar-refractivity contribution in [3.8, 4) is 68.6 Å². The highest BCUT2D eigenvalue weighted by atomic mass is 16.6. The quantitative estimate of drug-likeness (QED) is 0.129. The highest BCUT2D eigenvalue weighted by Gasteiger charge is 2.25. The van der Waals surface area contributed by atoms with E-state index >= 15 is 0 Å². The lowest BCUT2D eigenvalue weighted by Gasteiger charge is -2.19. The number of esters is 2. The molecule has 0 saturated carbocycles. The third-order valence-corrected chi connectivity index (χ3v) is 6.91. The molecule has 4 aromatic rings. The Kier molecular flexibility index (Phi) is 10.7. The molecular weight excluding hydrogens is 600 g/mol. The summed E-state index contributed by atoms with van der Waals surface area (Å²) in [7, 11) is 11.7. The third kappa shape index (κ3) is 6.80. The van der Waals surface area contributed by atoms with Crippen molar-refractivity contribution >= 4 is 11.9 Å². The van der Waals surface area contributed by atoms with Crippen LogP contribution in [0.2, 0.25) is 0 Å². The van der Waals surface area contributed by atoms with Crippen molar-refractivity contribution in [2.75, 3.05) is 56.9 Å².